The molecule has 0 amide bonds. The smallest absolute Gasteiger partial charge is 0.0238 e. The summed E-state index contributed by atoms with van der Waals surface area (Å²) in [6.45, 7) is 4.79. The molecule has 0 aliphatic heterocycles. The van der Waals surface area contributed by atoms with E-state index in [1.165, 1.54) is 23.1 Å². The Morgan fingerprint density at radius 2 is 1.38 bits per heavy atom. The van der Waals surface area contributed by atoms with Gasteiger partial charge in [0, 0.05) is 0 Å². The van der Waals surface area contributed by atoms with E-state index in [9.17, 15) is 0 Å². The molecule has 0 fully saturated rings. The van der Waals surface area contributed by atoms with Gasteiger partial charge in [-0.1, -0.05) is 60.7 Å². The van der Waals surface area contributed by atoms with Crippen molar-refractivity contribution in [1.82, 2.24) is 0 Å². The summed E-state index contributed by atoms with van der Waals surface area (Å²) in [5.74, 6) is 0. The van der Waals surface area contributed by atoms with Gasteiger partial charge in [0.1, 0.15) is 0 Å². The van der Waals surface area contributed by atoms with Crippen LogP contribution in [-0.2, 0) is 32.0 Å². The molecule has 0 radical (unpaired) electrons. The van der Waals surface area contributed by atoms with E-state index in [0.29, 0.717) is 0 Å². The number of hydrogen-bond donors (Lipinski definition) is 0. The van der Waals surface area contributed by atoms with Crippen LogP contribution in [0.4, 0.5) is 0 Å². The molecule has 0 bridgehead atoms. The zero-order valence-corrected chi connectivity index (χ0v) is 21.5. The molecule has 0 nitrogen and oxygen atoms in total. The van der Waals surface area contributed by atoms with Crippen molar-refractivity contribution in [3.63, 3.8) is 0 Å². The van der Waals surface area contributed by atoms with Crippen LogP contribution in [0.1, 0.15) is 32.9 Å². The van der Waals surface area contributed by atoms with Crippen molar-refractivity contribution >= 4 is 14.0 Å². The van der Waals surface area contributed by atoms with Crippen LogP contribution in [0.2, 0.25) is 0 Å². The third-order valence-corrected chi connectivity index (χ3v) is 10.3. The van der Waals surface area contributed by atoms with E-state index >= 15 is 0 Å². The molecule has 2 aliphatic rings. The third kappa shape index (κ3) is 6.29. The first-order chi connectivity index (χ1) is 15.7. The molecule has 3 aromatic carbocycles. The van der Waals surface area contributed by atoms with Gasteiger partial charge < -0.3 is 0 Å². The molecule has 0 aromatic heterocycles. The van der Waals surface area contributed by atoms with Gasteiger partial charge in [-0.25, -0.2) is 0 Å². The van der Waals surface area contributed by atoms with Crippen molar-refractivity contribution in [2.75, 3.05) is 13.3 Å². The SMILES string of the molecule is CP(C)C1=Cc2ccccc2[CH]1[Ti][C]1=CC=CC1.c1ccc(CCc2ccccc2)cc1. The van der Waals surface area contributed by atoms with Crippen LogP contribution in [-0.4, -0.2) is 13.3 Å². The van der Waals surface area contributed by atoms with E-state index in [-0.39, 0.29) is 27.1 Å². The summed E-state index contributed by atoms with van der Waals surface area (Å²) in [4.78, 5) is 0. The van der Waals surface area contributed by atoms with Gasteiger partial charge in [0.2, 0.25) is 0 Å². The molecule has 0 heterocycles. The fraction of sp³-hybridized carbons (Fsp3) is 0.200. The summed E-state index contributed by atoms with van der Waals surface area (Å²) in [5, 5.41) is 1.72. The predicted octanol–water partition coefficient (Wildman–Crippen LogP) is 8.22. The Hall–Kier alpha value is -1.98. The fourth-order valence-electron chi connectivity index (χ4n) is 4.16. The fourth-order valence-corrected chi connectivity index (χ4v) is 8.95. The molecule has 0 N–H and O–H groups in total. The molecule has 0 saturated carbocycles. The molecule has 0 spiro atoms. The Morgan fingerprint density at radius 3 is 1.94 bits per heavy atom. The second-order valence-electron chi connectivity index (χ2n) is 8.47. The summed E-state index contributed by atoms with van der Waals surface area (Å²) in [7, 11) is 0.0373. The average molecular weight is 470 g/mol. The quantitative estimate of drug-likeness (QED) is 0.252. The van der Waals surface area contributed by atoms with E-state index in [1.807, 2.05) is 0 Å². The van der Waals surface area contributed by atoms with E-state index in [1.54, 1.807) is 14.8 Å². The normalized spacial score (nSPS) is 16.2. The van der Waals surface area contributed by atoms with Crippen molar-refractivity contribution in [2.24, 2.45) is 0 Å². The van der Waals surface area contributed by atoms with Gasteiger partial charge in [0.15, 0.2) is 0 Å². The molecule has 0 saturated heterocycles. The van der Waals surface area contributed by atoms with Crippen molar-refractivity contribution in [1.29, 1.82) is 0 Å². The van der Waals surface area contributed by atoms with Gasteiger partial charge in [-0.15, -0.1) is 0 Å². The number of rotatable bonds is 6. The van der Waals surface area contributed by atoms with E-state index in [4.69, 9.17) is 0 Å². The summed E-state index contributed by atoms with van der Waals surface area (Å²) < 4.78 is 2.47. The van der Waals surface area contributed by atoms with Crippen LogP contribution in [0.15, 0.2) is 112 Å². The van der Waals surface area contributed by atoms with Gasteiger partial charge in [0.05, 0.1) is 0 Å². The largest absolute Gasteiger partial charge is 0.0622 e. The molecule has 1 atom stereocenters. The third-order valence-electron chi connectivity index (χ3n) is 5.91. The molecule has 2 heteroatoms. The minimum absolute atomic E-state index is 0.0373. The maximum Gasteiger partial charge on any atom is -0.0238 e. The second kappa shape index (κ2) is 11.8. The minimum Gasteiger partial charge on any atom is -0.0622 e. The van der Waals surface area contributed by atoms with E-state index in [2.05, 4.69) is 123 Å². The monoisotopic (exact) mass is 470 g/mol. The van der Waals surface area contributed by atoms with Crippen molar-refractivity contribution < 1.29 is 19.2 Å². The van der Waals surface area contributed by atoms with Crippen LogP contribution in [0.25, 0.3) is 6.08 Å². The Balaban J connectivity index is 0.000000158. The van der Waals surface area contributed by atoms with Crippen LogP contribution in [0.5, 0.6) is 0 Å². The minimum atomic E-state index is -0.0489. The topological polar surface area (TPSA) is 0 Å². The number of allylic oxidation sites excluding steroid dienone is 5. The van der Waals surface area contributed by atoms with Gasteiger partial charge in [-0.3, -0.25) is 0 Å². The number of hydrogen-bond acceptors (Lipinski definition) is 0. The maximum absolute atomic E-state index is 2.47. The molecule has 32 heavy (non-hydrogen) atoms. The standard InChI is InChI=1S/C14H14.C11H12P.C5H5.Ti/c1-3-7-13(8-4-1)11-12-14-9-5-2-6-10-14;1-12(2)11-7-9-5-3-4-6-10(9)8-11;1-2-4-5-3-1;/h1-10H,11-12H2;3-8H,1-2H3;1-3H,4H2;. The van der Waals surface area contributed by atoms with Gasteiger partial charge in [-0.05, 0) is 24.0 Å². The Morgan fingerprint density at radius 1 is 0.781 bits per heavy atom. The van der Waals surface area contributed by atoms with Crippen LogP contribution < -0.4 is 0 Å². The Bertz CT molecular complexity index is 1050. The number of aryl methyl sites for hydroxylation is 2. The van der Waals surface area contributed by atoms with Crippen molar-refractivity contribution in [3.8, 4) is 0 Å². The van der Waals surface area contributed by atoms with Crippen molar-refractivity contribution in [2.45, 2.75) is 23.5 Å². The summed E-state index contributed by atoms with van der Waals surface area (Å²) in [6.07, 6.45) is 12.8. The zero-order chi connectivity index (χ0) is 22.2. The van der Waals surface area contributed by atoms with Gasteiger partial charge in [-0.2, -0.15) is 0 Å². The molecular weight excluding hydrogens is 439 g/mol. The van der Waals surface area contributed by atoms with Crippen LogP contribution in [0.3, 0.4) is 0 Å². The maximum atomic E-state index is 2.47. The first kappa shape index (κ1) is 23.2. The first-order valence-electron chi connectivity index (χ1n) is 11.4. The van der Waals surface area contributed by atoms with Gasteiger partial charge >= 0.3 is 120 Å². The van der Waals surface area contributed by atoms with E-state index in [0.717, 1.165) is 17.1 Å². The average Bonchev–Trinajstić information content (AvgIpc) is 3.48. The van der Waals surface area contributed by atoms with Crippen LogP contribution in [0, 0.1) is 0 Å². The summed E-state index contributed by atoms with van der Waals surface area (Å²) >= 11 is -0.0489. The number of benzene rings is 3. The van der Waals surface area contributed by atoms with Crippen molar-refractivity contribution in [3.05, 3.63) is 135 Å². The number of fused-ring (bicyclic) bond motifs is 1. The Kier molecular flexibility index (Phi) is 8.52. The molecule has 2 aliphatic carbocycles. The zero-order valence-electron chi connectivity index (χ0n) is 19.0. The predicted molar refractivity (Wildman–Crippen MR) is 138 cm³/mol. The Labute approximate surface area is 203 Å². The van der Waals surface area contributed by atoms with E-state index < -0.39 is 0 Å². The molecule has 1 unspecified atom stereocenters. The van der Waals surface area contributed by atoms with Crippen LogP contribution >= 0.6 is 7.92 Å². The molecule has 3 aromatic rings. The molecule has 5 rings (SSSR count). The summed E-state index contributed by atoms with van der Waals surface area (Å²) in [6, 6.07) is 30.2. The summed E-state index contributed by atoms with van der Waals surface area (Å²) in [5.41, 5.74) is 5.90. The molecular formula is C30H31PTi. The first-order valence-corrected chi connectivity index (χ1v) is 15.3. The molecule has 160 valence electrons. The second-order valence-corrected chi connectivity index (χ2v) is 13.1. The van der Waals surface area contributed by atoms with Gasteiger partial charge in [0.25, 0.3) is 0 Å².